The molecule has 0 unspecified atom stereocenters. The molecule has 0 radical (unpaired) electrons. The van der Waals surface area contributed by atoms with Crippen molar-refractivity contribution >= 4 is 11.6 Å². The van der Waals surface area contributed by atoms with Crippen molar-refractivity contribution in [1.29, 1.82) is 0 Å². The molecule has 0 amide bonds. The normalized spacial score (nSPS) is 10.9. The fraction of sp³-hybridized carbons (Fsp3) is 0.500. The molecule has 0 aliphatic heterocycles. The SMILES string of the molecule is COc1ccc(Cl)c(CN(CCN)CCO)c1. The van der Waals surface area contributed by atoms with Crippen LogP contribution >= 0.6 is 11.6 Å². The lowest BCUT2D eigenvalue weighted by molar-refractivity contribution is 0.193. The number of hydrogen-bond donors (Lipinski definition) is 2. The average Bonchev–Trinajstić information content (AvgIpc) is 2.32. The second-order valence-corrected chi connectivity index (χ2v) is 4.15. The topological polar surface area (TPSA) is 58.7 Å². The summed E-state index contributed by atoms with van der Waals surface area (Å²) in [7, 11) is 1.62. The van der Waals surface area contributed by atoms with Gasteiger partial charge < -0.3 is 15.6 Å². The lowest BCUT2D eigenvalue weighted by Gasteiger charge is -2.21. The monoisotopic (exact) mass is 258 g/mol. The second-order valence-electron chi connectivity index (χ2n) is 3.75. The largest absolute Gasteiger partial charge is 0.497 e. The van der Waals surface area contributed by atoms with Gasteiger partial charge in [-0.25, -0.2) is 0 Å². The molecule has 4 nitrogen and oxygen atoms in total. The number of benzene rings is 1. The summed E-state index contributed by atoms with van der Waals surface area (Å²) in [5, 5.41) is 9.67. The summed E-state index contributed by atoms with van der Waals surface area (Å²) in [5.41, 5.74) is 6.51. The molecule has 0 atom stereocenters. The predicted octanol–water partition coefficient (Wildman–Crippen LogP) is 1.10. The first-order chi connectivity index (χ1) is 8.21. The number of nitrogens with two attached hydrogens (primary N) is 1. The number of halogens is 1. The highest BCUT2D eigenvalue weighted by molar-refractivity contribution is 6.31. The van der Waals surface area contributed by atoms with Crippen molar-refractivity contribution in [2.75, 3.05) is 33.4 Å². The Labute approximate surface area is 107 Å². The van der Waals surface area contributed by atoms with Crippen LogP contribution in [0, 0.1) is 0 Å². The first-order valence-electron chi connectivity index (χ1n) is 5.57. The molecule has 0 fully saturated rings. The molecule has 0 bridgehead atoms. The minimum absolute atomic E-state index is 0.113. The molecular weight excluding hydrogens is 240 g/mol. The number of aliphatic hydroxyl groups excluding tert-OH is 1. The van der Waals surface area contributed by atoms with E-state index in [9.17, 15) is 0 Å². The third kappa shape index (κ3) is 4.52. The molecule has 1 aromatic rings. The molecule has 17 heavy (non-hydrogen) atoms. The highest BCUT2D eigenvalue weighted by atomic mass is 35.5. The number of aliphatic hydroxyl groups is 1. The van der Waals surface area contributed by atoms with Crippen molar-refractivity contribution in [2.24, 2.45) is 5.73 Å². The van der Waals surface area contributed by atoms with Crippen molar-refractivity contribution in [1.82, 2.24) is 4.90 Å². The van der Waals surface area contributed by atoms with Gasteiger partial charge in [-0.15, -0.1) is 0 Å². The first-order valence-corrected chi connectivity index (χ1v) is 5.94. The molecule has 0 aromatic heterocycles. The number of nitrogens with zero attached hydrogens (tertiary/aromatic N) is 1. The third-order valence-corrected chi connectivity index (χ3v) is 2.88. The van der Waals surface area contributed by atoms with Crippen LogP contribution in [0.3, 0.4) is 0 Å². The number of methoxy groups -OCH3 is 1. The fourth-order valence-electron chi connectivity index (χ4n) is 1.63. The van der Waals surface area contributed by atoms with E-state index >= 15 is 0 Å². The van der Waals surface area contributed by atoms with E-state index in [2.05, 4.69) is 4.90 Å². The van der Waals surface area contributed by atoms with Gasteiger partial charge in [0.15, 0.2) is 0 Å². The minimum Gasteiger partial charge on any atom is -0.497 e. The Balaban J connectivity index is 2.76. The zero-order valence-corrected chi connectivity index (χ0v) is 10.8. The molecule has 0 aliphatic carbocycles. The second kappa shape index (κ2) is 7.50. The smallest absolute Gasteiger partial charge is 0.119 e. The van der Waals surface area contributed by atoms with Gasteiger partial charge in [-0.1, -0.05) is 11.6 Å². The van der Waals surface area contributed by atoms with Crippen LogP contribution in [-0.4, -0.2) is 43.4 Å². The lowest BCUT2D eigenvalue weighted by atomic mass is 10.2. The van der Waals surface area contributed by atoms with Crippen molar-refractivity contribution in [2.45, 2.75) is 6.54 Å². The van der Waals surface area contributed by atoms with E-state index in [1.54, 1.807) is 7.11 Å². The molecule has 0 saturated carbocycles. The minimum atomic E-state index is 0.113. The number of rotatable bonds is 7. The Hall–Kier alpha value is -0.810. The van der Waals surface area contributed by atoms with E-state index in [1.165, 1.54) is 0 Å². The molecule has 0 aliphatic rings. The molecule has 0 saturated heterocycles. The van der Waals surface area contributed by atoms with Crippen LogP contribution in [0.5, 0.6) is 5.75 Å². The van der Waals surface area contributed by atoms with Gasteiger partial charge >= 0.3 is 0 Å². The Morgan fingerprint density at radius 1 is 1.41 bits per heavy atom. The van der Waals surface area contributed by atoms with Gasteiger partial charge in [0.25, 0.3) is 0 Å². The summed E-state index contributed by atoms with van der Waals surface area (Å²) in [6, 6.07) is 5.55. The Bertz CT molecular complexity index is 341. The molecule has 3 N–H and O–H groups in total. The van der Waals surface area contributed by atoms with Crippen molar-refractivity contribution in [3.8, 4) is 5.75 Å². The van der Waals surface area contributed by atoms with Gasteiger partial charge in [0.1, 0.15) is 5.75 Å². The Kier molecular flexibility index (Phi) is 6.29. The quantitative estimate of drug-likeness (QED) is 0.769. The van der Waals surface area contributed by atoms with Gasteiger partial charge in [-0.2, -0.15) is 0 Å². The van der Waals surface area contributed by atoms with E-state index in [4.69, 9.17) is 27.2 Å². The zero-order valence-electron chi connectivity index (χ0n) is 10.0. The average molecular weight is 259 g/mol. The van der Waals surface area contributed by atoms with Crippen LogP contribution in [0.25, 0.3) is 0 Å². The fourth-order valence-corrected chi connectivity index (χ4v) is 1.81. The summed E-state index contributed by atoms with van der Waals surface area (Å²) >= 11 is 6.12. The summed E-state index contributed by atoms with van der Waals surface area (Å²) < 4.78 is 5.16. The maximum atomic E-state index is 8.97. The van der Waals surface area contributed by atoms with Crippen LogP contribution in [0.15, 0.2) is 18.2 Å². The van der Waals surface area contributed by atoms with Gasteiger partial charge in [0.05, 0.1) is 13.7 Å². The molecule has 96 valence electrons. The first kappa shape index (κ1) is 14.3. The summed E-state index contributed by atoms with van der Waals surface area (Å²) in [6.07, 6.45) is 0. The highest BCUT2D eigenvalue weighted by Crippen LogP contribution is 2.23. The number of ether oxygens (including phenoxy) is 1. The molecular formula is C12H19ClN2O2. The Morgan fingerprint density at radius 2 is 2.18 bits per heavy atom. The van der Waals surface area contributed by atoms with E-state index in [-0.39, 0.29) is 6.61 Å². The number of hydrogen-bond acceptors (Lipinski definition) is 4. The van der Waals surface area contributed by atoms with E-state index < -0.39 is 0 Å². The third-order valence-electron chi connectivity index (χ3n) is 2.51. The van der Waals surface area contributed by atoms with Crippen LogP contribution in [0.2, 0.25) is 5.02 Å². The van der Waals surface area contributed by atoms with Crippen molar-refractivity contribution in [3.05, 3.63) is 28.8 Å². The lowest BCUT2D eigenvalue weighted by Crippen LogP contribution is -2.31. The van der Waals surface area contributed by atoms with Gasteiger partial charge in [0, 0.05) is 31.2 Å². The van der Waals surface area contributed by atoms with Gasteiger partial charge in [0.2, 0.25) is 0 Å². The van der Waals surface area contributed by atoms with Crippen LogP contribution < -0.4 is 10.5 Å². The maximum absolute atomic E-state index is 8.97. The van der Waals surface area contributed by atoms with E-state index in [1.807, 2.05) is 18.2 Å². The molecule has 5 heteroatoms. The predicted molar refractivity (Wildman–Crippen MR) is 69.4 cm³/mol. The summed E-state index contributed by atoms with van der Waals surface area (Å²) in [5.74, 6) is 0.779. The molecule has 0 spiro atoms. The van der Waals surface area contributed by atoms with Gasteiger partial charge in [-0.05, 0) is 23.8 Å². The van der Waals surface area contributed by atoms with Gasteiger partial charge in [-0.3, -0.25) is 4.90 Å². The van der Waals surface area contributed by atoms with Crippen LogP contribution in [0.1, 0.15) is 5.56 Å². The standard InChI is InChI=1S/C12H19ClN2O2/c1-17-11-2-3-12(13)10(8-11)9-15(5-4-14)6-7-16/h2-3,8,16H,4-7,9,14H2,1H3. The molecule has 1 aromatic carbocycles. The van der Waals surface area contributed by atoms with Crippen molar-refractivity contribution in [3.63, 3.8) is 0 Å². The molecule has 1 rings (SSSR count). The maximum Gasteiger partial charge on any atom is 0.119 e. The van der Waals surface area contributed by atoms with Crippen LogP contribution in [0.4, 0.5) is 0 Å². The Morgan fingerprint density at radius 3 is 2.76 bits per heavy atom. The van der Waals surface area contributed by atoms with Crippen LogP contribution in [-0.2, 0) is 6.54 Å². The molecule has 0 heterocycles. The summed E-state index contributed by atoms with van der Waals surface area (Å²) in [4.78, 5) is 2.06. The zero-order chi connectivity index (χ0) is 12.7. The summed E-state index contributed by atoms with van der Waals surface area (Å²) in [6.45, 7) is 2.65. The van der Waals surface area contributed by atoms with E-state index in [0.29, 0.717) is 24.7 Å². The van der Waals surface area contributed by atoms with E-state index in [0.717, 1.165) is 17.9 Å². The highest BCUT2D eigenvalue weighted by Gasteiger charge is 2.08. The van der Waals surface area contributed by atoms with Crippen molar-refractivity contribution < 1.29 is 9.84 Å².